The van der Waals surface area contributed by atoms with Crippen LogP contribution in [-0.4, -0.2) is 53.9 Å². The SMILES string of the molecule is Cc1cc(Cl)ccc1OC(C)C(=O)N1CCN(C(=O)c2ccc(Cl)cc2)CC1. The van der Waals surface area contributed by atoms with Crippen molar-refractivity contribution in [3.05, 3.63) is 63.6 Å². The van der Waals surface area contributed by atoms with Gasteiger partial charge in [-0.2, -0.15) is 0 Å². The quantitative estimate of drug-likeness (QED) is 0.749. The molecule has 7 heteroatoms. The highest BCUT2D eigenvalue weighted by Gasteiger charge is 2.28. The Morgan fingerprint density at radius 3 is 2.11 bits per heavy atom. The van der Waals surface area contributed by atoms with Crippen LogP contribution in [0.1, 0.15) is 22.8 Å². The molecule has 1 heterocycles. The van der Waals surface area contributed by atoms with Crippen LogP contribution >= 0.6 is 23.2 Å². The fourth-order valence-corrected chi connectivity index (χ4v) is 3.50. The first-order valence-corrected chi connectivity index (χ1v) is 9.87. The molecule has 5 nitrogen and oxygen atoms in total. The second kappa shape index (κ2) is 8.84. The Morgan fingerprint density at radius 2 is 1.50 bits per heavy atom. The van der Waals surface area contributed by atoms with E-state index in [4.69, 9.17) is 27.9 Å². The van der Waals surface area contributed by atoms with Gasteiger partial charge in [0.05, 0.1) is 0 Å². The van der Waals surface area contributed by atoms with Crippen LogP contribution in [0, 0.1) is 6.92 Å². The number of piperazine rings is 1. The Balaban J connectivity index is 1.55. The van der Waals surface area contributed by atoms with Gasteiger partial charge in [-0.05, 0) is 61.9 Å². The van der Waals surface area contributed by atoms with Gasteiger partial charge in [-0.3, -0.25) is 9.59 Å². The Morgan fingerprint density at radius 1 is 0.929 bits per heavy atom. The molecule has 0 bridgehead atoms. The lowest BCUT2D eigenvalue weighted by Gasteiger charge is -2.36. The fraction of sp³-hybridized carbons (Fsp3) is 0.333. The number of ether oxygens (including phenoxy) is 1. The van der Waals surface area contributed by atoms with Crippen LogP contribution in [0.25, 0.3) is 0 Å². The molecule has 0 radical (unpaired) electrons. The number of nitrogens with zero attached hydrogens (tertiary/aromatic N) is 2. The van der Waals surface area contributed by atoms with E-state index < -0.39 is 6.10 Å². The van der Waals surface area contributed by atoms with Gasteiger partial charge in [0, 0.05) is 41.8 Å². The van der Waals surface area contributed by atoms with Crippen LogP contribution in [0.15, 0.2) is 42.5 Å². The lowest BCUT2D eigenvalue weighted by molar-refractivity contribution is -0.139. The minimum Gasteiger partial charge on any atom is -0.481 e. The summed E-state index contributed by atoms with van der Waals surface area (Å²) in [4.78, 5) is 28.8. The van der Waals surface area contributed by atoms with E-state index in [0.717, 1.165) is 5.56 Å². The van der Waals surface area contributed by atoms with E-state index in [1.165, 1.54) is 0 Å². The van der Waals surface area contributed by atoms with Gasteiger partial charge in [0.1, 0.15) is 5.75 Å². The van der Waals surface area contributed by atoms with E-state index >= 15 is 0 Å². The summed E-state index contributed by atoms with van der Waals surface area (Å²) in [7, 11) is 0. The predicted octanol–water partition coefficient (Wildman–Crippen LogP) is 4.05. The van der Waals surface area contributed by atoms with E-state index in [0.29, 0.717) is 47.5 Å². The number of halogens is 2. The zero-order chi connectivity index (χ0) is 20.3. The maximum absolute atomic E-state index is 12.7. The van der Waals surface area contributed by atoms with Gasteiger partial charge in [0.2, 0.25) is 0 Å². The Kier molecular flexibility index (Phi) is 6.47. The molecule has 0 aliphatic carbocycles. The monoisotopic (exact) mass is 420 g/mol. The van der Waals surface area contributed by atoms with Crippen molar-refractivity contribution < 1.29 is 14.3 Å². The summed E-state index contributed by atoms with van der Waals surface area (Å²) >= 11 is 11.8. The van der Waals surface area contributed by atoms with E-state index in [9.17, 15) is 9.59 Å². The number of benzene rings is 2. The van der Waals surface area contributed by atoms with Gasteiger partial charge >= 0.3 is 0 Å². The molecule has 1 unspecified atom stereocenters. The number of hydrogen-bond donors (Lipinski definition) is 0. The van der Waals surface area contributed by atoms with Gasteiger partial charge in [-0.15, -0.1) is 0 Å². The highest BCUT2D eigenvalue weighted by atomic mass is 35.5. The average Bonchev–Trinajstić information content (AvgIpc) is 2.69. The second-order valence-corrected chi connectivity index (χ2v) is 7.67. The number of carbonyl (C=O) groups is 2. The summed E-state index contributed by atoms with van der Waals surface area (Å²) in [6.45, 7) is 5.55. The molecule has 0 spiro atoms. The van der Waals surface area contributed by atoms with Crippen LogP contribution in [-0.2, 0) is 4.79 Å². The molecule has 3 rings (SSSR count). The molecule has 1 saturated heterocycles. The van der Waals surface area contributed by atoms with Gasteiger partial charge in [-0.25, -0.2) is 0 Å². The highest BCUT2D eigenvalue weighted by molar-refractivity contribution is 6.31. The molecule has 0 aromatic heterocycles. The van der Waals surface area contributed by atoms with Crippen molar-refractivity contribution in [1.82, 2.24) is 9.80 Å². The minimum atomic E-state index is -0.613. The minimum absolute atomic E-state index is 0.0511. The maximum Gasteiger partial charge on any atom is 0.263 e. The third kappa shape index (κ3) is 4.78. The fourth-order valence-electron chi connectivity index (χ4n) is 3.15. The number of aryl methyl sites for hydroxylation is 1. The average molecular weight is 421 g/mol. The van der Waals surface area contributed by atoms with Crippen molar-refractivity contribution in [1.29, 1.82) is 0 Å². The van der Waals surface area contributed by atoms with Gasteiger partial charge in [0.25, 0.3) is 11.8 Å². The third-order valence-corrected chi connectivity index (χ3v) is 5.25. The molecular formula is C21H22Cl2N2O3. The summed E-state index contributed by atoms with van der Waals surface area (Å²) in [5.74, 6) is 0.500. The summed E-state index contributed by atoms with van der Waals surface area (Å²) < 4.78 is 5.83. The van der Waals surface area contributed by atoms with Crippen LogP contribution in [0.3, 0.4) is 0 Å². The predicted molar refractivity (Wildman–Crippen MR) is 110 cm³/mol. The van der Waals surface area contributed by atoms with E-state index in [2.05, 4.69) is 0 Å². The van der Waals surface area contributed by atoms with Gasteiger partial charge in [-0.1, -0.05) is 23.2 Å². The summed E-state index contributed by atoms with van der Waals surface area (Å²) in [6.07, 6.45) is -0.613. The number of amides is 2. The van der Waals surface area contributed by atoms with Crippen molar-refractivity contribution in [2.45, 2.75) is 20.0 Å². The van der Waals surface area contributed by atoms with Crippen molar-refractivity contribution in [2.75, 3.05) is 26.2 Å². The van der Waals surface area contributed by atoms with Crippen molar-refractivity contribution in [2.24, 2.45) is 0 Å². The Bertz CT molecular complexity index is 862. The highest BCUT2D eigenvalue weighted by Crippen LogP contribution is 2.23. The molecule has 1 fully saturated rings. The number of rotatable bonds is 4. The topological polar surface area (TPSA) is 49.9 Å². The first kappa shape index (κ1) is 20.5. The molecule has 0 saturated carbocycles. The first-order chi connectivity index (χ1) is 13.3. The largest absolute Gasteiger partial charge is 0.481 e. The van der Waals surface area contributed by atoms with Crippen LogP contribution in [0.4, 0.5) is 0 Å². The van der Waals surface area contributed by atoms with E-state index in [1.807, 2.05) is 6.92 Å². The van der Waals surface area contributed by atoms with Crippen LogP contribution < -0.4 is 4.74 Å². The third-order valence-electron chi connectivity index (χ3n) is 4.76. The van der Waals surface area contributed by atoms with Crippen LogP contribution in [0.5, 0.6) is 5.75 Å². The lowest BCUT2D eigenvalue weighted by atomic mass is 10.1. The summed E-state index contributed by atoms with van der Waals surface area (Å²) in [5, 5.41) is 1.22. The van der Waals surface area contributed by atoms with Crippen molar-refractivity contribution >= 4 is 35.0 Å². The van der Waals surface area contributed by atoms with Gasteiger partial charge in [0.15, 0.2) is 6.10 Å². The summed E-state index contributed by atoms with van der Waals surface area (Å²) in [6, 6.07) is 12.1. The summed E-state index contributed by atoms with van der Waals surface area (Å²) in [5.41, 5.74) is 1.48. The van der Waals surface area contributed by atoms with Gasteiger partial charge < -0.3 is 14.5 Å². The molecule has 2 aromatic carbocycles. The molecule has 2 aromatic rings. The molecule has 2 amide bonds. The molecule has 1 aliphatic rings. The zero-order valence-electron chi connectivity index (χ0n) is 15.8. The molecule has 148 valence electrons. The zero-order valence-corrected chi connectivity index (χ0v) is 17.3. The van der Waals surface area contributed by atoms with Crippen LogP contribution in [0.2, 0.25) is 10.0 Å². The Hall–Kier alpha value is -2.24. The van der Waals surface area contributed by atoms with Crippen molar-refractivity contribution in [3.63, 3.8) is 0 Å². The molecule has 0 N–H and O–H groups in total. The molecule has 1 aliphatic heterocycles. The normalized spacial score (nSPS) is 15.3. The standard InChI is InChI=1S/C21H22Cl2N2O3/c1-14-13-18(23)7-8-19(14)28-15(2)20(26)24-9-11-25(12-10-24)21(27)16-3-5-17(22)6-4-16/h3-8,13,15H,9-12H2,1-2H3. The maximum atomic E-state index is 12.7. The molecule has 1 atom stereocenters. The molecular weight excluding hydrogens is 399 g/mol. The number of carbonyl (C=O) groups excluding carboxylic acids is 2. The Labute approximate surface area is 174 Å². The first-order valence-electron chi connectivity index (χ1n) is 9.11. The van der Waals surface area contributed by atoms with E-state index in [-0.39, 0.29) is 11.8 Å². The molecule has 28 heavy (non-hydrogen) atoms. The smallest absolute Gasteiger partial charge is 0.263 e. The van der Waals surface area contributed by atoms with Crippen molar-refractivity contribution in [3.8, 4) is 5.75 Å². The second-order valence-electron chi connectivity index (χ2n) is 6.79. The lowest BCUT2D eigenvalue weighted by Crippen LogP contribution is -2.53. The number of hydrogen-bond acceptors (Lipinski definition) is 3. The van der Waals surface area contributed by atoms with E-state index in [1.54, 1.807) is 59.2 Å².